The predicted octanol–water partition coefficient (Wildman–Crippen LogP) is 2.43. The second kappa shape index (κ2) is 5.19. The van der Waals surface area contributed by atoms with E-state index in [1.165, 1.54) is 25.7 Å². The standard InChI is InChI=1S/C15H21N3O/c1-2-16-13-5-3-4-12(17-13)15(19)18-14(10-6-7-10)11-8-9-11/h3-5,10-11,14H,2,6-9H2,1H3,(H,16,17)(H,18,19). The normalized spacial score (nSPS) is 18.4. The maximum Gasteiger partial charge on any atom is 0.270 e. The largest absolute Gasteiger partial charge is 0.370 e. The highest BCUT2D eigenvalue weighted by atomic mass is 16.2. The van der Waals surface area contributed by atoms with Crippen molar-refractivity contribution in [1.29, 1.82) is 0 Å². The zero-order valence-electron chi connectivity index (χ0n) is 11.4. The average Bonchev–Trinajstić information content (AvgIpc) is 3.29. The molecule has 0 aliphatic heterocycles. The molecule has 102 valence electrons. The molecule has 2 fully saturated rings. The Labute approximate surface area is 114 Å². The fourth-order valence-electron chi connectivity index (χ4n) is 2.60. The molecular weight excluding hydrogens is 238 g/mol. The molecule has 2 N–H and O–H groups in total. The molecule has 19 heavy (non-hydrogen) atoms. The third kappa shape index (κ3) is 3.06. The maximum absolute atomic E-state index is 12.3. The second-order valence-corrected chi connectivity index (χ2v) is 5.61. The molecule has 0 spiro atoms. The molecule has 0 saturated heterocycles. The summed E-state index contributed by atoms with van der Waals surface area (Å²) in [5.74, 6) is 2.18. The van der Waals surface area contributed by atoms with E-state index in [1.807, 2.05) is 19.1 Å². The fraction of sp³-hybridized carbons (Fsp3) is 0.600. The van der Waals surface area contributed by atoms with Gasteiger partial charge >= 0.3 is 0 Å². The summed E-state index contributed by atoms with van der Waals surface area (Å²) >= 11 is 0. The number of rotatable bonds is 6. The summed E-state index contributed by atoms with van der Waals surface area (Å²) in [6.45, 7) is 2.83. The number of aromatic nitrogens is 1. The highest BCUT2D eigenvalue weighted by molar-refractivity contribution is 5.92. The summed E-state index contributed by atoms with van der Waals surface area (Å²) in [4.78, 5) is 16.6. The van der Waals surface area contributed by atoms with Gasteiger partial charge in [-0.25, -0.2) is 4.98 Å². The molecule has 0 atom stereocenters. The molecule has 0 radical (unpaired) electrons. The van der Waals surface area contributed by atoms with E-state index >= 15 is 0 Å². The van der Waals surface area contributed by atoms with Crippen molar-refractivity contribution in [2.24, 2.45) is 11.8 Å². The van der Waals surface area contributed by atoms with Crippen molar-refractivity contribution in [2.45, 2.75) is 38.6 Å². The van der Waals surface area contributed by atoms with E-state index < -0.39 is 0 Å². The van der Waals surface area contributed by atoms with Crippen LogP contribution < -0.4 is 10.6 Å². The first kappa shape index (κ1) is 12.5. The number of hydrogen-bond donors (Lipinski definition) is 2. The van der Waals surface area contributed by atoms with Gasteiger partial charge in [0.15, 0.2) is 0 Å². The van der Waals surface area contributed by atoms with E-state index in [1.54, 1.807) is 6.07 Å². The van der Waals surface area contributed by atoms with Crippen molar-refractivity contribution in [3.8, 4) is 0 Å². The quantitative estimate of drug-likeness (QED) is 0.825. The Morgan fingerprint density at radius 3 is 2.58 bits per heavy atom. The van der Waals surface area contributed by atoms with Crippen molar-refractivity contribution < 1.29 is 4.79 Å². The SMILES string of the molecule is CCNc1cccc(C(=O)NC(C2CC2)C2CC2)n1. The van der Waals surface area contributed by atoms with Gasteiger partial charge in [-0.2, -0.15) is 0 Å². The van der Waals surface area contributed by atoms with Crippen LogP contribution in [0.3, 0.4) is 0 Å². The van der Waals surface area contributed by atoms with Crippen LogP contribution in [-0.2, 0) is 0 Å². The Morgan fingerprint density at radius 1 is 1.32 bits per heavy atom. The fourth-order valence-corrected chi connectivity index (χ4v) is 2.60. The monoisotopic (exact) mass is 259 g/mol. The van der Waals surface area contributed by atoms with E-state index in [0.29, 0.717) is 23.6 Å². The number of nitrogens with one attached hydrogen (secondary N) is 2. The van der Waals surface area contributed by atoms with E-state index in [9.17, 15) is 4.79 Å². The summed E-state index contributed by atoms with van der Waals surface area (Å²) in [6.07, 6.45) is 5.08. The summed E-state index contributed by atoms with van der Waals surface area (Å²) in [6, 6.07) is 5.94. The molecule has 2 saturated carbocycles. The van der Waals surface area contributed by atoms with Gasteiger partial charge in [-0.1, -0.05) is 6.07 Å². The molecule has 4 heteroatoms. The van der Waals surface area contributed by atoms with Gasteiger partial charge in [0.05, 0.1) is 0 Å². The van der Waals surface area contributed by atoms with Gasteiger partial charge in [0.1, 0.15) is 11.5 Å². The molecule has 1 aromatic heterocycles. The maximum atomic E-state index is 12.3. The van der Waals surface area contributed by atoms with Crippen molar-refractivity contribution in [3.63, 3.8) is 0 Å². The number of nitrogens with zero attached hydrogens (tertiary/aromatic N) is 1. The topological polar surface area (TPSA) is 54.0 Å². The second-order valence-electron chi connectivity index (χ2n) is 5.61. The van der Waals surface area contributed by atoms with Gasteiger partial charge in [-0.15, -0.1) is 0 Å². The summed E-state index contributed by atoms with van der Waals surface area (Å²) in [5, 5.41) is 6.33. The molecule has 3 rings (SSSR count). The highest BCUT2D eigenvalue weighted by Gasteiger charge is 2.42. The number of hydrogen-bond acceptors (Lipinski definition) is 3. The third-order valence-corrected chi connectivity index (χ3v) is 3.90. The number of anilines is 1. The van der Waals surface area contributed by atoms with Crippen LogP contribution in [-0.4, -0.2) is 23.5 Å². The van der Waals surface area contributed by atoms with Crippen LogP contribution in [0.4, 0.5) is 5.82 Å². The Balaban J connectivity index is 1.66. The first-order chi connectivity index (χ1) is 9.28. The van der Waals surface area contributed by atoms with E-state index in [-0.39, 0.29) is 5.91 Å². The summed E-state index contributed by atoms with van der Waals surface area (Å²) in [7, 11) is 0. The molecular formula is C15H21N3O. The first-order valence-corrected chi connectivity index (χ1v) is 7.29. The van der Waals surface area contributed by atoms with Gasteiger partial charge in [0.25, 0.3) is 5.91 Å². The van der Waals surface area contributed by atoms with Crippen LogP contribution in [0.25, 0.3) is 0 Å². The van der Waals surface area contributed by atoms with E-state index in [0.717, 1.165) is 12.4 Å². The first-order valence-electron chi connectivity index (χ1n) is 7.29. The minimum Gasteiger partial charge on any atom is -0.370 e. The predicted molar refractivity (Wildman–Crippen MR) is 75.1 cm³/mol. The van der Waals surface area contributed by atoms with Crippen LogP contribution in [0.5, 0.6) is 0 Å². The van der Waals surface area contributed by atoms with Gasteiger partial charge in [0, 0.05) is 12.6 Å². The lowest BCUT2D eigenvalue weighted by molar-refractivity contribution is 0.0921. The lowest BCUT2D eigenvalue weighted by atomic mass is 10.1. The number of amides is 1. The molecule has 0 bridgehead atoms. The van der Waals surface area contributed by atoms with Crippen LogP contribution >= 0.6 is 0 Å². The van der Waals surface area contributed by atoms with Gasteiger partial charge in [-0.05, 0) is 56.6 Å². The molecule has 0 aromatic carbocycles. The van der Waals surface area contributed by atoms with Gasteiger partial charge in [0.2, 0.25) is 0 Å². The molecule has 2 aliphatic rings. The van der Waals surface area contributed by atoms with Gasteiger partial charge < -0.3 is 10.6 Å². The highest BCUT2D eigenvalue weighted by Crippen LogP contribution is 2.44. The van der Waals surface area contributed by atoms with Crippen molar-refractivity contribution >= 4 is 11.7 Å². The molecule has 1 aromatic rings. The Morgan fingerprint density at radius 2 is 2.00 bits per heavy atom. The van der Waals surface area contributed by atoms with Crippen molar-refractivity contribution in [1.82, 2.24) is 10.3 Å². The Kier molecular flexibility index (Phi) is 3.40. The van der Waals surface area contributed by atoms with Gasteiger partial charge in [-0.3, -0.25) is 4.79 Å². The number of carbonyl (C=O) groups is 1. The summed E-state index contributed by atoms with van der Waals surface area (Å²) < 4.78 is 0. The van der Waals surface area contributed by atoms with Crippen molar-refractivity contribution in [3.05, 3.63) is 23.9 Å². The Bertz CT molecular complexity index is 454. The zero-order chi connectivity index (χ0) is 13.2. The molecule has 1 amide bonds. The lowest BCUT2D eigenvalue weighted by Gasteiger charge is -2.17. The Hall–Kier alpha value is -1.58. The minimum atomic E-state index is -0.0245. The van der Waals surface area contributed by atoms with Crippen molar-refractivity contribution in [2.75, 3.05) is 11.9 Å². The van der Waals surface area contributed by atoms with Crippen LogP contribution in [0.15, 0.2) is 18.2 Å². The smallest absolute Gasteiger partial charge is 0.270 e. The van der Waals surface area contributed by atoms with Crippen LogP contribution in [0.1, 0.15) is 43.1 Å². The van der Waals surface area contributed by atoms with E-state index in [2.05, 4.69) is 15.6 Å². The van der Waals surface area contributed by atoms with Crippen LogP contribution in [0, 0.1) is 11.8 Å². The summed E-state index contributed by atoms with van der Waals surface area (Å²) in [5.41, 5.74) is 0.518. The lowest BCUT2D eigenvalue weighted by Crippen LogP contribution is -2.38. The number of carbonyl (C=O) groups excluding carboxylic acids is 1. The average molecular weight is 259 g/mol. The van der Waals surface area contributed by atoms with Crippen LogP contribution in [0.2, 0.25) is 0 Å². The molecule has 2 aliphatic carbocycles. The number of pyridine rings is 1. The molecule has 0 unspecified atom stereocenters. The molecule has 1 heterocycles. The molecule has 4 nitrogen and oxygen atoms in total. The van der Waals surface area contributed by atoms with E-state index in [4.69, 9.17) is 0 Å². The zero-order valence-corrected chi connectivity index (χ0v) is 11.4. The third-order valence-electron chi connectivity index (χ3n) is 3.90. The minimum absolute atomic E-state index is 0.0245.